The number of halogens is 3. The van der Waals surface area contributed by atoms with Crippen LogP contribution in [0.5, 0.6) is 5.88 Å². The second-order valence-electron chi connectivity index (χ2n) is 6.37. The van der Waals surface area contributed by atoms with Crippen molar-refractivity contribution in [3.05, 3.63) is 48.0 Å². The number of aromatic nitrogens is 3. The molecule has 2 N–H and O–H groups in total. The van der Waals surface area contributed by atoms with Crippen LogP contribution in [0.4, 0.5) is 24.8 Å². The Balaban J connectivity index is 1.50. The molecule has 27 heavy (non-hydrogen) atoms. The molecule has 9 heteroatoms. The predicted molar refractivity (Wildman–Crippen MR) is 94.2 cm³/mol. The first-order chi connectivity index (χ1) is 13.0. The summed E-state index contributed by atoms with van der Waals surface area (Å²) in [5.41, 5.74) is 0.352. The van der Waals surface area contributed by atoms with E-state index < -0.39 is 11.7 Å². The fourth-order valence-electron chi connectivity index (χ4n) is 3.00. The van der Waals surface area contributed by atoms with Gasteiger partial charge in [0.15, 0.2) is 5.65 Å². The molecule has 1 aromatic carbocycles. The zero-order valence-electron chi connectivity index (χ0n) is 14.3. The zero-order valence-corrected chi connectivity index (χ0v) is 14.3. The number of hydrogen-bond acceptors (Lipinski definition) is 5. The number of ether oxygens (including phenoxy) is 1. The van der Waals surface area contributed by atoms with Gasteiger partial charge < -0.3 is 15.4 Å². The molecule has 6 nitrogen and oxygen atoms in total. The lowest BCUT2D eigenvalue weighted by Gasteiger charge is -2.12. The van der Waals surface area contributed by atoms with Crippen LogP contribution in [-0.4, -0.2) is 33.8 Å². The smallest absolute Gasteiger partial charge is 0.416 e. The van der Waals surface area contributed by atoms with Gasteiger partial charge in [0.2, 0.25) is 11.8 Å². The van der Waals surface area contributed by atoms with E-state index in [1.54, 1.807) is 16.6 Å². The van der Waals surface area contributed by atoms with Gasteiger partial charge in [0.05, 0.1) is 5.56 Å². The highest BCUT2D eigenvalue weighted by atomic mass is 19.4. The van der Waals surface area contributed by atoms with Gasteiger partial charge in [-0.05, 0) is 49.7 Å². The Morgan fingerprint density at radius 2 is 2.00 bits per heavy atom. The number of nitrogens with zero attached hydrogens (tertiary/aromatic N) is 3. The monoisotopic (exact) mass is 377 g/mol. The van der Waals surface area contributed by atoms with Crippen LogP contribution in [0.2, 0.25) is 0 Å². The highest BCUT2D eigenvalue weighted by Crippen LogP contribution is 2.30. The number of alkyl halides is 3. The lowest BCUT2D eigenvalue weighted by molar-refractivity contribution is -0.137. The number of fused-ring (bicyclic) bond motifs is 1. The highest BCUT2D eigenvalue weighted by molar-refractivity contribution is 5.56. The maximum Gasteiger partial charge on any atom is 0.416 e. The summed E-state index contributed by atoms with van der Waals surface area (Å²) >= 11 is 0. The third-order valence-electron chi connectivity index (χ3n) is 4.39. The van der Waals surface area contributed by atoms with Crippen molar-refractivity contribution in [3.8, 4) is 5.88 Å². The van der Waals surface area contributed by atoms with E-state index in [1.807, 2.05) is 6.07 Å². The number of rotatable bonds is 5. The molecular weight excluding hydrogens is 359 g/mol. The topological polar surface area (TPSA) is 63.5 Å². The van der Waals surface area contributed by atoms with Crippen molar-refractivity contribution in [1.29, 1.82) is 0 Å². The van der Waals surface area contributed by atoms with Gasteiger partial charge in [0, 0.05) is 17.8 Å². The highest BCUT2D eigenvalue weighted by Gasteiger charge is 2.30. The second kappa shape index (κ2) is 7.07. The number of benzene rings is 1. The van der Waals surface area contributed by atoms with Crippen LogP contribution in [-0.2, 0) is 6.18 Å². The van der Waals surface area contributed by atoms with Gasteiger partial charge in [-0.3, -0.25) is 0 Å². The van der Waals surface area contributed by atoms with Crippen molar-refractivity contribution in [2.75, 3.05) is 18.5 Å². The first-order valence-corrected chi connectivity index (χ1v) is 8.65. The average molecular weight is 377 g/mol. The van der Waals surface area contributed by atoms with Crippen molar-refractivity contribution < 1.29 is 17.9 Å². The molecule has 4 rings (SSSR count). The van der Waals surface area contributed by atoms with Gasteiger partial charge in [-0.25, -0.2) is 0 Å². The summed E-state index contributed by atoms with van der Waals surface area (Å²) in [7, 11) is 0. The van der Waals surface area contributed by atoms with E-state index in [2.05, 4.69) is 20.7 Å². The van der Waals surface area contributed by atoms with Crippen LogP contribution in [0.1, 0.15) is 18.4 Å². The van der Waals surface area contributed by atoms with Crippen LogP contribution in [0.25, 0.3) is 5.65 Å². The molecule has 3 aromatic rings. The molecule has 0 unspecified atom stereocenters. The van der Waals surface area contributed by atoms with E-state index in [1.165, 1.54) is 12.1 Å². The van der Waals surface area contributed by atoms with Crippen molar-refractivity contribution in [2.45, 2.75) is 25.1 Å². The minimum atomic E-state index is -4.36. The molecule has 2 aromatic heterocycles. The molecule has 1 aliphatic rings. The zero-order chi connectivity index (χ0) is 18.9. The lowest BCUT2D eigenvalue weighted by atomic mass is 10.2. The maximum absolute atomic E-state index is 12.6. The van der Waals surface area contributed by atoms with Gasteiger partial charge in [-0.1, -0.05) is 6.07 Å². The molecule has 3 heterocycles. The standard InChI is InChI=1S/C18H18F3N5O/c19-18(20,21)12-6-8-13(9-7-12)23-17-24-15-4-1-5-16(26(15)25-17)27-11-14-3-2-10-22-14/h1,4-9,14,22H,2-3,10-11H2,(H,23,25)/t14-/m1/s1. The number of pyridine rings is 1. The molecular formula is C18H18F3N5O. The third kappa shape index (κ3) is 3.97. The van der Waals surface area contributed by atoms with Gasteiger partial charge in [-0.15, -0.1) is 5.10 Å². The quantitative estimate of drug-likeness (QED) is 0.711. The van der Waals surface area contributed by atoms with Crippen molar-refractivity contribution in [1.82, 2.24) is 19.9 Å². The fourth-order valence-corrected chi connectivity index (χ4v) is 3.00. The molecule has 0 bridgehead atoms. The molecule has 142 valence electrons. The Morgan fingerprint density at radius 3 is 2.70 bits per heavy atom. The minimum Gasteiger partial charge on any atom is -0.476 e. The molecule has 0 radical (unpaired) electrons. The normalized spacial score (nSPS) is 17.4. The largest absolute Gasteiger partial charge is 0.476 e. The maximum atomic E-state index is 12.6. The molecule has 0 spiro atoms. The molecule has 1 fully saturated rings. The van der Waals surface area contributed by atoms with Crippen molar-refractivity contribution in [2.24, 2.45) is 0 Å². The number of hydrogen-bond donors (Lipinski definition) is 2. The third-order valence-corrected chi connectivity index (χ3v) is 4.39. The summed E-state index contributed by atoms with van der Waals surface area (Å²) in [4.78, 5) is 4.34. The Bertz CT molecular complexity index is 917. The van der Waals surface area contributed by atoms with E-state index in [-0.39, 0.29) is 5.95 Å². The van der Waals surface area contributed by atoms with Crippen LogP contribution in [0, 0.1) is 0 Å². The Kier molecular flexibility index (Phi) is 4.61. The van der Waals surface area contributed by atoms with Crippen molar-refractivity contribution in [3.63, 3.8) is 0 Å². The minimum absolute atomic E-state index is 0.282. The molecule has 1 aliphatic heterocycles. The predicted octanol–water partition coefficient (Wildman–Crippen LogP) is 3.62. The van der Waals surface area contributed by atoms with Crippen LogP contribution < -0.4 is 15.4 Å². The number of nitrogens with one attached hydrogen (secondary N) is 2. The van der Waals surface area contributed by atoms with E-state index in [0.29, 0.717) is 29.9 Å². The number of anilines is 2. The molecule has 0 aliphatic carbocycles. The summed E-state index contributed by atoms with van der Waals surface area (Å²) in [6, 6.07) is 10.5. The van der Waals surface area contributed by atoms with Crippen LogP contribution in [0.3, 0.4) is 0 Å². The average Bonchev–Trinajstić information content (AvgIpc) is 3.29. The summed E-state index contributed by atoms with van der Waals surface area (Å²) in [5.74, 6) is 0.846. The summed E-state index contributed by atoms with van der Waals surface area (Å²) < 4.78 is 45.4. The molecule has 0 amide bonds. The second-order valence-corrected chi connectivity index (χ2v) is 6.37. The first kappa shape index (κ1) is 17.6. The van der Waals surface area contributed by atoms with E-state index in [9.17, 15) is 13.2 Å². The molecule has 1 atom stereocenters. The van der Waals surface area contributed by atoms with Gasteiger partial charge in [-0.2, -0.15) is 22.7 Å². The van der Waals surface area contributed by atoms with Crippen molar-refractivity contribution >= 4 is 17.3 Å². The van der Waals surface area contributed by atoms with Crippen LogP contribution >= 0.6 is 0 Å². The van der Waals surface area contributed by atoms with E-state index >= 15 is 0 Å². The Hall–Kier alpha value is -2.81. The van der Waals surface area contributed by atoms with Gasteiger partial charge >= 0.3 is 6.18 Å². The molecule has 1 saturated heterocycles. The lowest BCUT2D eigenvalue weighted by Crippen LogP contribution is -2.28. The summed E-state index contributed by atoms with van der Waals surface area (Å²) in [6.07, 6.45) is -2.14. The Labute approximate surface area is 153 Å². The first-order valence-electron chi connectivity index (χ1n) is 8.65. The summed E-state index contributed by atoms with van der Waals surface area (Å²) in [6.45, 7) is 1.55. The summed E-state index contributed by atoms with van der Waals surface area (Å²) in [5, 5.41) is 10.6. The van der Waals surface area contributed by atoms with Crippen LogP contribution in [0.15, 0.2) is 42.5 Å². The van der Waals surface area contributed by atoms with E-state index in [4.69, 9.17) is 4.74 Å². The SMILES string of the molecule is FC(F)(F)c1ccc(Nc2nc3cccc(OC[C@H]4CCCN4)n3n2)cc1. The van der Waals surface area contributed by atoms with Gasteiger partial charge in [0.25, 0.3) is 0 Å². The fraction of sp³-hybridized carbons (Fsp3) is 0.333. The Morgan fingerprint density at radius 1 is 1.19 bits per heavy atom. The van der Waals surface area contributed by atoms with Gasteiger partial charge in [0.1, 0.15) is 6.61 Å². The molecule has 0 saturated carbocycles. The van der Waals surface area contributed by atoms with E-state index in [0.717, 1.165) is 31.5 Å².